The van der Waals surface area contributed by atoms with Crippen LogP contribution in [0.2, 0.25) is 0 Å². The summed E-state index contributed by atoms with van der Waals surface area (Å²) in [6, 6.07) is 0. The topological polar surface area (TPSA) is 19.4 Å². The third-order valence-electron chi connectivity index (χ3n) is 3.11. The highest BCUT2D eigenvalue weighted by Gasteiger charge is 2.37. The summed E-state index contributed by atoms with van der Waals surface area (Å²) < 4.78 is 38.2. The first kappa shape index (κ1) is 16.0. The van der Waals surface area contributed by atoms with Crippen molar-refractivity contribution in [3.63, 3.8) is 0 Å². The molecule has 1 aliphatic heterocycles. The van der Waals surface area contributed by atoms with E-state index in [4.69, 9.17) is 0 Å². The van der Waals surface area contributed by atoms with E-state index in [2.05, 4.69) is 39.7 Å². The highest BCUT2D eigenvalue weighted by Crippen LogP contribution is 2.40. The third-order valence-corrected chi connectivity index (χ3v) is 4.87. The Labute approximate surface area is 128 Å². The minimum atomic E-state index is -4.40. The van der Waals surface area contributed by atoms with Crippen LogP contribution in [-0.4, -0.2) is 42.6 Å². The number of halogens is 4. The van der Waals surface area contributed by atoms with E-state index >= 15 is 0 Å². The van der Waals surface area contributed by atoms with E-state index in [9.17, 15) is 13.2 Å². The molecule has 1 saturated heterocycles. The number of hydrogen-bond donors (Lipinski definition) is 0. The fourth-order valence-corrected chi connectivity index (χ4v) is 3.85. The predicted molar refractivity (Wildman–Crippen MR) is 78.3 cm³/mol. The Balaban J connectivity index is 2.01. The van der Waals surface area contributed by atoms with Crippen LogP contribution < -0.4 is 4.90 Å². The van der Waals surface area contributed by atoms with Gasteiger partial charge in [0.05, 0.1) is 0 Å². The van der Waals surface area contributed by atoms with Crippen molar-refractivity contribution < 1.29 is 13.2 Å². The van der Waals surface area contributed by atoms with Crippen molar-refractivity contribution in [3.05, 3.63) is 9.48 Å². The first-order valence-corrected chi connectivity index (χ1v) is 8.09. The Morgan fingerprint density at radius 1 is 1.25 bits per heavy atom. The summed E-state index contributed by atoms with van der Waals surface area (Å²) in [5.74, 6) is 0.604. The van der Waals surface area contributed by atoms with Gasteiger partial charge in [-0.05, 0) is 21.8 Å². The van der Waals surface area contributed by atoms with E-state index in [1.807, 2.05) is 4.90 Å². The molecule has 1 fully saturated rings. The lowest BCUT2D eigenvalue weighted by atomic mass is 10.2. The van der Waals surface area contributed by atoms with Crippen LogP contribution in [0.15, 0.2) is 3.79 Å². The number of anilines is 1. The standard InChI is InChI=1S/C12H17BrF3N3S/c1-8(2)7-18-3-5-19(6-4-18)11-17-9(10(13)20-11)12(14,15)16/h8H,3-7H2,1-2H3. The second-order valence-electron chi connectivity index (χ2n) is 5.30. The van der Waals surface area contributed by atoms with Crippen molar-refractivity contribution in [1.29, 1.82) is 0 Å². The SMILES string of the molecule is CC(C)CN1CCN(c2nc(C(F)(F)F)c(Br)s2)CC1. The Morgan fingerprint density at radius 3 is 2.30 bits per heavy atom. The van der Waals surface area contributed by atoms with Crippen LogP contribution >= 0.6 is 27.3 Å². The summed E-state index contributed by atoms with van der Waals surface area (Å²) in [6.07, 6.45) is -4.40. The van der Waals surface area contributed by atoms with Crippen molar-refractivity contribution >= 4 is 32.4 Å². The molecular formula is C12H17BrF3N3S. The van der Waals surface area contributed by atoms with Gasteiger partial charge in [0.15, 0.2) is 10.8 Å². The highest BCUT2D eigenvalue weighted by atomic mass is 79.9. The van der Waals surface area contributed by atoms with Crippen LogP contribution in [0.4, 0.5) is 18.3 Å². The second kappa shape index (κ2) is 6.19. The van der Waals surface area contributed by atoms with Gasteiger partial charge in [-0.25, -0.2) is 4.98 Å². The molecule has 0 bridgehead atoms. The molecule has 0 spiro atoms. The average molecular weight is 372 g/mol. The summed E-state index contributed by atoms with van der Waals surface area (Å²) in [5, 5.41) is 0.452. The van der Waals surface area contributed by atoms with E-state index < -0.39 is 11.9 Å². The lowest BCUT2D eigenvalue weighted by molar-refractivity contribution is -0.141. The van der Waals surface area contributed by atoms with Crippen LogP contribution in [-0.2, 0) is 6.18 Å². The second-order valence-corrected chi connectivity index (χ2v) is 7.59. The van der Waals surface area contributed by atoms with Crippen molar-refractivity contribution in [1.82, 2.24) is 9.88 Å². The molecular weight excluding hydrogens is 355 g/mol. The minimum absolute atomic E-state index is 0.0598. The zero-order valence-corrected chi connectivity index (χ0v) is 13.8. The molecule has 2 heterocycles. The van der Waals surface area contributed by atoms with E-state index in [0.29, 0.717) is 11.0 Å². The highest BCUT2D eigenvalue weighted by molar-refractivity contribution is 9.11. The molecule has 0 unspecified atom stereocenters. The number of alkyl halides is 3. The fourth-order valence-electron chi connectivity index (χ4n) is 2.24. The van der Waals surface area contributed by atoms with Gasteiger partial charge >= 0.3 is 6.18 Å². The number of nitrogens with zero attached hydrogens (tertiary/aromatic N) is 3. The van der Waals surface area contributed by atoms with Gasteiger partial charge in [0.25, 0.3) is 0 Å². The molecule has 0 atom stereocenters. The van der Waals surface area contributed by atoms with Crippen molar-refractivity contribution in [2.24, 2.45) is 5.92 Å². The number of piperazine rings is 1. The lowest BCUT2D eigenvalue weighted by Crippen LogP contribution is -2.47. The summed E-state index contributed by atoms with van der Waals surface area (Å²) in [7, 11) is 0. The van der Waals surface area contributed by atoms with Crippen LogP contribution in [0, 0.1) is 5.92 Å². The fraction of sp³-hybridized carbons (Fsp3) is 0.750. The Hall–Kier alpha value is -0.340. The molecule has 0 saturated carbocycles. The molecule has 0 radical (unpaired) electrons. The van der Waals surface area contributed by atoms with Gasteiger partial charge in [-0.2, -0.15) is 13.2 Å². The maximum absolute atomic E-state index is 12.7. The number of thiazole rings is 1. The van der Waals surface area contributed by atoms with Gasteiger partial charge in [-0.3, -0.25) is 4.90 Å². The molecule has 0 aromatic carbocycles. The Bertz CT molecular complexity index is 453. The van der Waals surface area contributed by atoms with Crippen LogP contribution in [0.1, 0.15) is 19.5 Å². The van der Waals surface area contributed by atoms with Crippen LogP contribution in [0.25, 0.3) is 0 Å². The van der Waals surface area contributed by atoms with Crippen molar-refractivity contribution in [2.75, 3.05) is 37.6 Å². The summed E-state index contributed by atoms with van der Waals surface area (Å²) >= 11 is 4.02. The molecule has 114 valence electrons. The molecule has 2 rings (SSSR count). The minimum Gasteiger partial charge on any atom is -0.345 e. The number of hydrogen-bond acceptors (Lipinski definition) is 4. The average Bonchev–Trinajstić information content (AvgIpc) is 2.71. The van der Waals surface area contributed by atoms with E-state index in [0.717, 1.165) is 44.1 Å². The van der Waals surface area contributed by atoms with Gasteiger partial charge in [0.1, 0.15) is 3.79 Å². The monoisotopic (exact) mass is 371 g/mol. The van der Waals surface area contributed by atoms with Crippen molar-refractivity contribution in [3.8, 4) is 0 Å². The van der Waals surface area contributed by atoms with Crippen LogP contribution in [0.5, 0.6) is 0 Å². The predicted octanol–water partition coefficient (Wildman–Crippen LogP) is 3.70. The van der Waals surface area contributed by atoms with Gasteiger partial charge < -0.3 is 4.90 Å². The van der Waals surface area contributed by atoms with E-state index in [1.165, 1.54) is 0 Å². The largest absolute Gasteiger partial charge is 0.435 e. The van der Waals surface area contributed by atoms with E-state index in [-0.39, 0.29) is 3.79 Å². The molecule has 20 heavy (non-hydrogen) atoms. The quantitative estimate of drug-likeness (QED) is 0.807. The maximum atomic E-state index is 12.7. The Kier molecular flexibility index (Phi) is 4.96. The summed E-state index contributed by atoms with van der Waals surface area (Å²) in [6.45, 7) is 8.56. The molecule has 1 aromatic rings. The lowest BCUT2D eigenvalue weighted by Gasteiger charge is -2.35. The molecule has 1 aromatic heterocycles. The molecule has 0 aliphatic carbocycles. The van der Waals surface area contributed by atoms with Crippen LogP contribution in [0.3, 0.4) is 0 Å². The third kappa shape index (κ3) is 3.85. The van der Waals surface area contributed by atoms with Gasteiger partial charge in [-0.1, -0.05) is 25.2 Å². The molecule has 0 amide bonds. The number of aromatic nitrogens is 1. The van der Waals surface area contributed by atoms with Crippen molar-refractivity contribution in [2.45, 2.75) is 20.0 Å². The smallest absolute Gasteiger partial charge is 0.345 e. The summed E-state index contributed by atoms with van der Waals surface area (Å²) in [4.78, 5) is 8.02. The maximum Gasteiger partial charge on any atom is 0.435 e. The first-order valence-electron chi connectivity index (χ1n) is 6.48. The van der Waals surface area contributed by atoms with Gasteiger partial charge in [0, 0.05) is 32.7 Å². The zero-order chi connectivity index (χ0) is 14.9. The zero-order valence-electron chi connectivity index (χ0n) is 11.4. The molecule has 8 heteroatoms. The number of rotatable bonds is 3. The van der Waals surface area contributed by atoms with Gasteiger partial charge in [-0.15, -0.1) is 0 Å². The molecule has 1 aliphatic rings. The first-order chi connectivity index (χ1) is 9.27. The van der Waals surface area contributed by atoms with Gasteiger partial charge in [0.2, 0.25) is 0 Å². The molecule has 0 N–H and O–H groups in total. The normalized spacial score (nSPS) is 18.1. The Morgan fingerprint density at radius 2 is 1.85 bits per heavy atom. The van der Waals surface area contributed by atoms with E-state index in [1.54, 1.807) is 0 Å². The molecule has 3 nitrogen and oxygen atoms in total. The summed E-state index contributed by atoms with van der Waals surface area (Å²) in [5.41, 5.74) is -0.817.